The zero-order valence-electron chi connectivity index (χ0n) is 11.8. The van der Waals surface area contributed by atoms with Crippen LogP contribution < -0.4 is 10.1 Å². The molecular weight excluding hydrogens is 286 g/mol. The average molecular weight is 303 g/mol. The van der Waals surface area contributed by atoms with Crippen molar-refractivity contribution in [2.24, 2.45) is 0 Å². The Labute approximate surface area is 127 Å². The number of methoxy groups -OCH3 is 1. The zero-order valence-corrected chi connectivity index (χ0v) is 12.6. The van der Waals surface area contributed by atoms with Crippen LogP contribution in [0.1, 0.15) is 22.1 Å². The molecule has 1 amide bonds. The van der Waals surface area contributed by atoms with Crippen molar-refractivity contribution in [3.8, 4) is 5.75 Å². The van der Waals surface area contributed by atoms with Gasteiger partial charge in [-0.05, 0) is 17.7 Å². The van der Waals surface area contributed by atoms with E-state index in [2.05, 4.69) is 10.3 Å². The third-order valence-electron chi connectivity index (χ3n) is 3.66. The molecule has 1 aliphatic rings. The van der Waals surface area contributed by atoms with Crippen molar-refractivity contribution >= 4 is 17.2 Å². The molecule has 0 radical (unpaired) electrons. The number of hydrogen-bond acceptors (Lipinski definition) is 5. The van der Waals surface area contributed by atoms with Gasteiger partial charge < -0.3 is 15.0 Å². The Morgan fingerprint density at radius 3 is 2.90 bits per heavy atom. The minimum absolute atomic E-state index is 0.00133. The average Bonchev–Trinajstić information content (AvgIpc) is 3.09. The number of ether oxygens (including phenoxy) is 1. The second-order valence-corrected chi connectivity index (χ2v) is 5.58. The van der Waals surface area contributed by atoms with Gasteiger partial charge in [0.05, 0.1) is 18.7 Å². The maximum Gasteiger partial charge on any atom is 0.273 e. The van der Waals surface area contributed by atoms with Gasteiger partial charge in [-0.2, -0.15) is 0 Å². The van der Waals surface area contributed by atoms with E-state index in [1.807, 2.05) is 29.2 Å². The number of aromatic nitrogens is 1. The van der Waals surface area contributed by atoms with E-state index in [1.165, 1.54) is 11.3 Å². The van der Waals surface area contributed by atoms with Gasteiger partial charge in [0.15, 0.2) is 0 Å². The number of nitrogens with zero attached hydrogens (tertiary/aromatic N) is 2. The second-order valence-electron chi connectivity index (χ2n) is 4.87. The van der Waals surface area contributed by atoms with Gasteiger partial charge in [-0.1, -0.05) is 12.1 Å². The van der Waals surface area contributed by atoms with Gasteiger partial charge in [-0.25, -0.2) is 4.98 Å². The second kappa shape index (κ2) is 6.24. The Hall–Kier alpha value is -1.92. The number of piperazine rings is 1. The molecule has 0 aliphatic carbocycles. The van der Waals surface area contributed by atoms with E-state index < -0.39 is 0 Å². The number of amides is 1. The summed E-state index contributed by atoms with van der Waals surface area (Å²) in [5, 5.41) is 5.15. The van der Waals surface area contributed by atoms with Crippen molar-refractivity contribution in [1.29, 1.82) is 0 Å². The monoisotopic (exact) mass is 303 g/mol. The molecule has 1 saturated heterocycles. The molecule has 0 unspecified atom stereocenters. The van der Waals surface area contributed by atoms with Gasteiger partial charge >= 0.3 is 0 Å². The lowest BCUT2D eigenvalue weighted by molar-refractivity contribution is 0.0629. The molecular formula is C15H17N3O2S. The summed E-state index contributed by atoms with van der Waals surface area (Å²) >= 11 is 1.44. The summed E-state index contributed by atoms with van der Waals surface area (Å²) in [5.41, 5.74) is 3.32. The van der Waals surface area contributed by atoms with Crippen LogP contribution >= 0.6 is 11.3 Å². The lowest BCUT2D eigenvalue weighted by Gasteiger charge is -2.36. The van der Waals surface area contributed by atoms with Crippen molar-refractivity contribution < 1.29 is 9.53 Å². The van der Waals surface area contributed by atoms with Crippen molar-refractivity contribution in [3.05, 3.63) is 46.4 Å². The van der Waals surface area contributed by atoms with Gasteiger partial charge in [0.25, 0.3) is 5.91 Å². The third-order valence-corrected chi connectivity index (χ3v) is 4.24. The van der Waals surface area contributed by atoms with Crippen LogP contribution in [0.4, 0.5) is 0 Å². The molecule has 0 bridgehead atoms. The normalized spacial score (nSPS) is 18.5. The molecule has 110 valence electrons. The molecule has 3 rings (SSSR count). The highest BCUT2D eigenvalue weighted by Crippen LogP contribution is 2.25. The molecule has 1 fully saturated rings. The number of carbonyl (C=O) groups excluding carboxylic acids is 1. The Morgan fingerprint density at radius 2 is 2.24 bits per heavy atom. The summed E-state index contributed by atoms with van der Waals surface area (Å²) in [7, 11) is 1.65. The van der Waals surface area contributed by atoms with Gasteiger partial charge in [-0.3, -0.25) is 4.79 Å². The molecule has 1 aliphatic heterocycles. The first-order valence-corrected chi connectivity index (χ1v) is 7.77. The fourth-order valence-electron chi connectivity index (χ4n) is 2.54. The molecule has 21 heavy (non-hydrogen) atoms. The van der Waals surface area contributed by atoms with Gasteiger partial charge in [0, 0.05) is 25.0 Å². The number of carbonyl (C=O) groups is 1. The van der Waals surface area contributed by atoms with E-state index in [0.29, 0.717) is 12.2 Å². The maximum atomic E-state index is 12.6. The highest BCUT2D eigenvalue weighted by molar-refractivity contribution is 7.07. The summed E-state index contributed by atoms with van der Waals surface area (Å²) in [6.45, 7) is 2.25. The molecule has 1 N–H and O–H groups in total. The van der Waals surface area contributed by atoms with E-state index >= 15 is 0 Å². The molecule has 0 spiro atoms. The summed E-state index contributed by atoms with van der Waals surface area (Å²) < 4.78 is 5.18. The number of thiazole rings is 1. The Bertz CT molecular complexity index is 598. The Balaban J connectivity index is 1.85. The van der Waals surface area contributed by atoms with Crippen LogP contribution in [0.5, 0.6) is 5.75 Å². The van der Waals surface area contributed by atoms with Crippen molar-refractivity contribution in [2.75, 3.05) is 26.7 Å². The van der Waals surface area contributed by atoms with Crippen molar-refractivity contribution in [3.63, 3.8) is 0 Å². The van der Waals surface area contributed by atoms with Gasteiger partial charge in [0.2, 0.25) is 0 Å². The van der Waals surface area contributed by atoms with E-state index in [0.717, 1.165) is 24.4 Å². The zero-order chi connectivity index (χ0) is 14.7. The highest BCUT2D eigenvalue weighted by atomic mass is 32.1. The predicted octanol–water partition coefficient (Wildman–Crippen LogP) is 1.94. The molecule has 2 aromatic rings. The summed E-state index contributed by atoms with van der Waals surface area (Å²) in [6.07, 6.45) is 0. The number of hydrogen-bond donors (Lipinski definition) is 1. The largest absolute Gasteiger partial charge is 0.497 e. The molecule has 0 saturated carbocycles. The predicted molar refractivity (Wildman–Crippen MR) is 81.8 cm³/mol. The van der Waals surface area contributed by atoms with Crippen LogP contribution in [0.3, 0.4) is 0 Å². The highest BCUT2D eigenvalue weighted by Gasteiger charge is 2.29. The van der Waals surface area contributed by atoms with Crippen LogP contribution in [-0.2, 0) is 0 Å². The SMILES string of the molecule is COc1ccc([C@H]2CNCCN2C(=O)c2cscn2)cc1. The van der Waals surface area contributed by atoms with Crippen LogP contribution in [-0.4, -0.2) is 42.5 Å². The standard InChI is InChI=1S/C15H17N3O2S/c1-20-12-4-2-11(3-5-12)14-8-16-6-7-18(14)15(19)13-9-21-10-17-13/h2-5,9-10,14,16H,6-8H2,1H3/t14-/m1/s1. The Morgan fingerprint density at radius 1 is 1.43 bits per heavy atom. The first-order valence-electron chi connectivity index (χ1n) is 6.83. The fraction of sp³-hybridized carbons (Fsp3) is 0.333. The van der Waals surface area contributed by atoms with Crippen LogP contribution in [0.2, 0.25) is 0 Å². The first kappa shape index (κ1) is 14.0. The quantitative estimate of drug-likeness (QED) is 0.941. The summed E-state index contributed by atoms with van der Waals surface area (Å²) in [6, 6.07) is 7.90. The fourth-order valence-corrected chi connectivity index (χ4v) is 3.06. The Kier molecular flexibility index (Phi) is 4.17. The minimum Gasteiger partial charge on any atom is -0.497 e. The molecule has 6 heteroatoms. The van der Waals surface area contributed by atoms with E-state index in [1.54, 1.807) is 18.0 Å². The molecule has 5 nitrogen and oxygen atoms in total. The van der Waals surface area contributed by atoms with Crippen molar-refractivity contribution in [2.45, 2.75) is 6.04 Å². The number of nitrogens with one attached hydrogen (secondary N) is 1. The number of benzene rings is 1. The number of rotatable bonds is 3. The van der Waals surface area contributed by atoms with Crippen LogP contribution in [0, 0.1) is 0 Å². The third kappa shape index (κ3) is 2.91. The van der Waals surface area contributed by atoms with E-state index in [4.69, 9.17) is 4.74 Å². The van der Waals surface area contributed by atoms with Gasteiger partial charge in [0.1, 0.15) is 11.4 Å². The minimum atomic E-state index is -0.00133. The molecule has 1 atom stereocenters. The van der Waals surface area contributed by atoms with E-state index in [9.17, 15) is 4.79 Å². The molecule has 1 aromatic carbocycles. The molecule has 2 heterocycles. The smallest absolute Gasteiger partial charge is 0.273 e. The van der Waals surface area contributed by atoms with E-state index in [-0.39, 0.29) is 11.9 Å². The lowest BCUT2D eigenvalue weighted by atomic mass is 10.0. The summed E-state index contributed by atoms with van der Waals surface area (Å²) in [4.78, 5) is 18.6. The lowest BCUT2D eigenvalue weighted by Crippen LogP contribution is -2.48. The topological polar surface area (TPSA) is 54.5 Å². The van der Waals surface area contributed by atoms with Crippen LogP contribution in [0.25, 0.3) is 0 Å². The first-order chi connectivity index (χ1) is 10.3. The maximum absolute atomic E-state index is 12.6. The van der Waals surface area contributed by atoms with Crippen LogP contribution in [0.15, 0.2) is 35.2 Å². The summed E-state index contributed by atoms with van der Waals surface area (Å²) in [5.74, 6) is 0.818. The van der Waals surface area contributed by atoms with Gasteiger partial charge in [-0.15, -0.1) is 11.3 Å². The molecule has 1 aromatic heterocycles. The van der Waals surface area contributed by atoms with Crippen molar-refractivity contribution in [1.82, 2.24) is 15.2 Å².